The lowest BCUT2D eigenvalue weighted by Crippen LogP contribution is -1.98. The summed E-state index contributed by atoms with van der Waals surface area (Å²) in [5.41, 5.74) is 0.270. The first-order valence-corrected chi connectivity index (χ1v) is 6.22. The van der Waals surface area contributed by atoms with Crippen molar-refractivity contribution in [2.75, 3.05) is 0 Å². The fourth-order valence-corrected chi connectivity index (χ4v) is 2.28. The van der Waals surface area contributed by atoms with E-state index >= 15 is 0 Å². The van der Waals surface area contributed by atoms with Crippen LogP contribution in [0.5, 0.6) is 0 Å². The number of fused-ring (bicyclic) bond motifs is 1. The highest BCUT2D eigenvalue weighted by atomic mass is 35.5. The first-order chi connectivity index (χ1) is 9.97. The molecule has 0 unspecified atom stereocenters. The van der Waals surface area contributed by atoms with Gasteiger partial charge < -0.3 is 10.1 Å². The van der Waals surface area contributed by atoms with Gasteiger partial charge in [0.2, 0.25) is 0 Å². The SMILES string of the molecule is O=C(O)c1cc(F)cc2[nH]c(-c3cccc(F)c3Cl)nc12. The zero-order valence-corrected chi connectivity index (χ0v) is 11.1. The Balaban J connectivity index is 2.29. The van der Waals surface area contributed by atoms with E-state index in [1.165, 1.54) is 18.2 Å². The normalized spacial score (nSPS) is 11.0. The van der Waals surface area contributed by atoms with Crippen LogP contribution in [-0.4, -0.2) is 21.0 Å². The number of H-pyrrole nitrogens is 1. The van der Waals surface area contributed by atoms with Crippen molar-refractivity contribution >= 4 is 28.6 Å². The molecule has 2 aromatic carbocycles. The number of halogens is 3. The second-order valence-electron chi connectivity index (χ2n) is 4.34. The Hall–Kier alpha value is -2.47. The van der Waals surface area contributed by atoms with E-state index in [1.54, 1.807) is 0 Å². The first-order valence-electron chi connectivity index (χ1n) is 5.84. The van der Waals surface area contributed by atoms with Crippen LogP contribution in [0.25, 0.3) is 22.4 Å². The van der Waals surface area contributed by atoms with Gasteiger partial charge in [-0.1, -0.05) is 17.7 Å². The number of nitrogens with zero attached hydrogens (tertiary/aromatic N) is 1. The molecule has 0 aliphatic carbocycles. The third-order valence-corrected chi connectivity index (χ3v) is 3.37. The molecule has 0 radical (unpaired) electrons. The molecular formula is C14H7ClF2N2O2. The fraction of sp³-hybridized carbons (Fsp3) is 0. The van der Waals surface area contributed by atoms with Crippen molar-refractivity contribution in [1.82, 2.24) is 9.97 Å². The van der Waals surface area contributed by atoms with E-state index in [4.69, 9.17) is 16.7 Å². The van der Waals surface area contributed by atoms with Crippen LogP contribution >= 0.6 is 11.6 Å². The molecular weight excluding hydrogens is 302 g/mol. The van der Waals surface area contributed by atoms with Crippen LogP contribution in [0.4, 0.5) is 8.78 Å². The van der Waals surface area contributed by atoms with Crippen molar-refractivity contribution in [1.29, 1.82) is 0 Å². The second-order valence-corrected chi connectivity index (χ2v) is 4.72. The molecule has 21 heavy (non-hydrogen) atoms. The minimum atomic E-state index is -1.30. The maximum Gasteiger partial charge on any atom is 0.338 e. The van der Waals surface area contributed by atoms with E-state index in [-0.39, 0.29) is 33.0 Å². The molecule has 0 atom stereocenters. The number of carboxylic acids is 1. The molecule has 0 bridgehead atoms. The third kappa shape index (κ3) is 2.23. The topological polar surface area (TPSA) is 66.0 Å². The summed E-state index contributed by atoms with van der Waals surface area (Å²) >= 11 is 5.86. The van der Waals surface area contributed by atoms with Gasteiger partial charge in [-0.3, -0.25) is 0 Å². The van der Waals surface area contributed by atoms with E-state index < -0.39 is 17.6 Å². The minimum absolute atomic E-state index is 0.0826. The molecule has 3 aromatic rings. The zero-order valence-electron chi connectivity index (χ0n) is 10.3. The number of imidazole rings is 1. The average molecular weight is 309 g/mol. The summed E-state index contributed by atoms with van der Waals surface area (Å²) in [5.74, 6) is -2.47. The molecule has 0 fully saturated rings. The summed E-state index contributed by atoms with van der Waals surface area (Å²) < 4.78 is 26.9. The monoisotopic (exact) mass is 308 g/mol. The lowest BCUT2D eigenvalue weighted by molar-refractivity contribution is 0.0698. The van der Waals surface area contributed by atoms with Gasteiger partial charge in [-0.05, 0) is 24.3 Å². The van der Waals surface area contributed by atoms with Gasteiger partial charge in [-0.15, -0.1) is 0 Å². The molecule has 0 saturated heterocycles. The highest BCUT2D eigenvalue weighted by Gasteiger charge is 2.17. The van der Waals surface area contributed by atoms with Crippen LogP contribution in [-0.2, 0) is 0 Å². The van der Waals surface area contributed by atoms with Gasteiger partial charge in [-0.25, -0.2) is 18.6 Å². The quantitative estimate of drug-likeness (QED) is 0.755. The number of aromatic carboxylic acids is 1. The van der Waals surface area contributed by atoms with Gasteiger partial charge in [0.1, 0.15) is 23.0 Å². The number of carboxylic acid groups (broad SMARTS) is 1. The van der Waals surface area contributed by atoms with Crippen molar-refractivity contribution in [3.63, 3.8) is 0 Å². The number of carbonyl (C=O) groups is 1. The lowest BCUT2D eigenvalue weighted by Gasteiger charge is -2.00. The number of nitrogens with one attached hydrogen (secondary N) is 1. The summed E-state index contributed by atoms with van der Waals surface area (Å²) in [6.45, 7) is 0. The van der Waals surface area contributed by atoms with Crippen LogP contribution in [0, 0.1) is 11.6 Å². The Labute approximate surface area is 122 Å². The molecule has 0 amide bonds. The summed E-state index contributed by atoms with van der Waals surface area (Å²) in [6.07, 6.45) is 0. The van der Waals surface area contributed by atoms with Gasteiger partial charge in [0, 0.05) is 5.56 Å². The lowest BCUT2D eigenvalue weighted by atomic mass is 10.2. The Kier molecular flexibility index (Phi) is 3.10. The van der Waals surface area contributed by atoms with E-state index in [1.807, 2.05) is 0 Å². The number of hydrogen-bond acceptors (Lipinski definition) is 2. The van der Waals surface area contributed by atoms with E-state index in [0.29, 0.717) is 0 Å². The van der Waals surface area contributed by atoms with Gasteiger partial charge >= 0.3 is 5.97 Å². The summed E-state index contributed by atoms with van der Waals surface area (Å²) in [5, 5.41) is 8.93. The highest BCUT2D eigenvalue weighted by molar-refractivity contribution is 6.33. The Morgan fingerprint density at radius 2 is 2.05 bits per heavy atom. The van der Waals surface area contributed by atoms with Crippen molar-refractivity contribution in [2.45, 2.75) is 0 Å². The van der Waals surface area contributed by atoms with Crippen molar-refractivity contribution in [3.05, 3.63) is 52.6 Å². The predicted octanol–water partition coefficient (Wildman–Crippen LogP) is 3.86. The Morgan fingerprint density at radius 1 is 1.29 bits per heavy atom. The smallest absolute Gasteiger partial charge is 0.338 e. The van der Waals surface area contributed by atoms with E-state index in [9.17, 15) is 13.6 Å². The first kappa shape index (κ1) is 13.5. The Morgan fingerprint density at radius 3 is 2.76 bits per heavy atom. The van der Waals surface area contributed by atoms with Gasteiger partial charge in [0.25, 0.3) is 0 Å². The van der Waals surface area contributed by atoms with Crippen LogP contribution in [0.2, 0.25) is 5.02 Å². The molecule has 0 aliphatic heterocycles. The summed E-state index contributed by atoms with van der Waals surface area (Å²) in [4.78, 5) is 18.0. The van der Waals surface area contributed by atoms with Gasteiger partial charge in [-0.2, -0.15) is 0 Å². The molecule has 2 N–H and O–H groups in total. The zero-order chi connectivity index (χ0) is 15.1. The standard InChI is InChI=1S/C14H7ClF2N2O2/c15-11-7(2-1-3-9(11)17)13-18-10-5-6(16)4-8(14(20)21)12(10)19-13/h1-5H,(H,18,19)(H,20,21). The maximum atomic E-state index is 13.5. The number of benzene rings is 2. The predicted molar refractivity (Wildman–Crippen MR) is 73.4 cm³/mol. The number of rotatable bonds is 2. The average Bonchev–Trinajstić information content (AvgIpc) is 2.84. The molecule has 1 aromatic heterocycles. The van der Waals surface area contributed by atoms with Crippen LogP contribution in [0.3, 0.4) is 0 Å². The molecule has 4 nitrogen and oxygen atoms in total. The molecule has 1 heterocycles. The largest absolute Gasteiger partial charge is 0.478 e. The maximum absolute atomic E-state index is 13.5. The van der Waals surface area contributed by atoms with Crippen molar-refractivity contribution in [3.8, 4) is 11.4 Å². The number of aromatic nitrogens is 2. The van der Waals surface area contributed by atoms with Crippen LogP contribution in [0.15, 0.2) is 30.3 Å². The van der Waals surface area contributed by atoms with Gasteiger partial charge in [0.05, 0.1) is 16.1 Å². The highest BCUT2D eigenvalue weighted by Crippen LogP contribution is 2.30. The third-order valence-electron chi connectivity index (χ3n) is 2.99. The molecule has 0 spiro atoms. The summed E-state index contributed by atoms with van der Waals surface area (Å²) in [7, 11) is 0. The summed E-state index contributed by atoms with van der Waals surface area (Å²) in [6, 6.07) is 6.16. The van der Waals surface area contributed by atoms with E-state index in [0.717, 1.165) is 12.1 Å². The molecule has 7 heteroatoms. The molecule has 0 aliphatic rings. The van der Waals surface area contributed by atoms with Gasteiger partial charge in [0.15, 0.2) is 0 Å². The second kappa shape index (κ2) is 4.82. The van der Waals surface area contributed by atoms with Crippen molar-refractivity contribution < 1.29 is 18.7 Å². The fourth-order valence-electron chi connectivity index (χ4n) is 2.06. The molecule has 0 saturated carbocycles. The van der Waals surface area contributed by atoms with E-state index in [2.05, 4.69) is 9.97 Å². The molecule has 3 rings (SSSR count). The van der Waals surface area contributed by atoms with Crippen molar-refractivity contribution in [2.24, 2.45) is 0 Å². The van der Waals surface area contributed by atoms with Crippen LogP contribution < -0.4 is 0 Å². The number of aromatic amines is 1. The minimum Gasteiger partial charge on any atom is -0.478 e. The number of hydrogen-bond donors (Lipinski definition) is 2. The van der Waals surface area contributed by atoms with Crippen LogP contribution in [0.1, 0.15) is 10.4 Å². The molecule has 106 valence electrons. The Bertz CT molecular complexity index is 877.